The van der Waals surface area contributed by atoms with E-state index in [9.17, 15) is 4.39 Å². The molecule has 1 aromatic carbocycles. The van der Waals surface area contributed by atoms with E-state index in [1.54, 1.807) is 0 Å². The van der Waals surface area contributed by atoms with Crippen molar-refractivity contribution in [2.24, 2.45) is 16.3 Å². The van der Waals surface area contributed by atoms with Crippen molar-refractivity contribution in [2.45, 2.75) is 19.3 Å². The van der Waals surface area contributed by atoms with E-state index < -0.39 is 0 Å². The first-order valence-corrected chi connectivity index (χ1v) is 6.98. The van der Waals surface area contributed by atoms with Gasteiger partial charge in [-0.2, -0.15) is 0 Å². The van der Waals surface area contributed by atoms with Crippen LogP contribution in [0.25, 0.3) is 0 Å². The molecule has 0 aromatic heterocycles. The van der Waals surface area contributed by atoms with Gasteiger partial charge in [-0.3, -0.25) is 0 Å². The number of hydrogen-bond donors (Lipinski definition) is 3. The van der Waals surface area contributed by atoms with Gasteiger partial charge in [-0.25, -0.2) is 4.39 Å². The zero-order valence-corrected chi connectivity index (χ0v) is 12.4. The number of hydrogen-bond acceptors (Lipinski definition) is 3. The number of benzene rings is 1. The number of rotatable bonds is 5. The molecule has 1 aliphatic rings. The molecule has 1 fully saturated rings. The molecular formula is C12H14BrClFN3O. The van der Waals surface area contributed by atoms with E-state index in [2.05, 4.69) is 26.4 Å². The number of amidine groups is 1. The predicted molar refractivity (Wildman–Crippen MR) is 77.3 cm³/mol. The third kappa shape index (κ3) is 3.51. The van der Waals surface area contributed by atoms with E-state index in [-0.39, 0.29) is 17.1 Å². The second kappa shape index (κ2) is 5.54. The SMILES string of the molecule is NC(CC1(CNc2c(Cl)cc(F)cc2Br)CC1)=NO. The van der Waals surface area contributed by atoms with Gasteiger partial charge in [0, 0.05) is 17.4 Å². The van der Waals surface area contributed by atoms with Crippen LogP contribution < -0.4 is 11.1 Å². The molecule has 0 heterocycles. The maximum absolute atomic E-state index is 13.1. The molecule has 0 radical (unpaired) electrons. The third-order valence-corrected chi connectivity index (χ3v) is 4.21. The summed E-state index contributed by atoms with van der Waals surface area (Å²) in [6.45, 7) is 0.646. The summed E-state index contributed by atoms with van der Waals surface area (Å²) in [7, 11) is 0. The zero-order chi connectivity index (χ0) is 14.0. The summed E-state index contributed by atoms with van der Waals surface area (Å²) in [5.41, 5.74) is 6.20. The largest absolute Gasteiger partial charge is 0.409 e. The van der Waals surface area contributed by atoms with Gasteiger partial charge in [0.1, 0.15) is 11.7 Å². The molecule has 19 heavy (non-hydrogen) atoms. The number of oxime groups is 1. The highest BCUT2D eigenvalue weighted by Crippen LogP contribution is 2.49. The lowest BCUT2D eigenvalue weighted by Crippen LogP contribution is -2.23. The van der Waals surface area contributed by atoms with Gasteiger partial charge in [0.05, 0.1) is 10.7 Å². The highest BCUT2D eigenvalue weighted by atomic mass is 79.9. The van der Waals surface area contributed by atoms with Crippen molar-refractivity contribution in [3.63, 3.8) is 0 Å². The van der Waals surface area contributed by atoms with Crippen LogP contribution in [0.5, 0.6) is 0 Å². The van der Waals surface area contributed by atoms with Crippen molar-refractivity contribution in [1.82, 2.24) is 0 Å². The first kappa shape index (κ1) is 14.4. The monoisotopic (exact) mass is 349 g/mol. The fraction of sp³-hybridized carbons (Fsp3) is 0.417. The molecule has 4 nitrogen and oxygen atoms in total. The molecule has 4 N–H and O–H groups in total. The van der Waals surface area contributed by atoms with E-state index in [0.717, 1.165) is 12.8 Å². The number of nitrogens with one attached hydrogen (secondary N) is 1. The average Bonchev–Trinajstić information content (AvgIpc) is 3.07. The second-order valence-corrected chi connectivity index (χ2v) is 6.13. The van der Waals surface area contributed by atoms with E-state index in [1.165, 1.54) is 12.1 Å². The Morgan fingerprint density at radius 2 is 2.26 bits per heavy atom. The van der Waals surface area contributed by atoms with Gasteiger partial charge in [0.2, 0.25) is 0 Å². The van der Waals surface area contributed by atoms with Crippen LogP contribution in [-0.2, 0) is 0 Å². The number of anilines is 1. The molecule has 1 aliphatic carbocycles. The summed E-state index contributed by atoms with van der Waals surface area (Å²) in [6, 6.07) is 2.62. The lowest BCUT2D eigenvalue weighted by atomic mass is 10.0. The molecule has 0 unspecified atom stereocenters. The van der Waals surface area contributed by atoms with Crippen molar-refractivity contribution in [2.75, 3.05) is 11.9 Å². The van der Waals surface area contributed by atoms with Gasteiger partial charge in [-0.1, -0.05) is 16.8 Å². The highest BCUT2D eigenvalue weighted by Gasteiger charge is 2.43. The van der Waals surface area contributed by atoms with Crippen LogP contribution in [0.2, 0.25) is 5.02 Å². The molecule has 104 valence electrons. The topological polar surface area (TPSA) is 70.6 Å². The molecule has 1 aromatic rings. The van der Waals surface area contributed by atoms with Gasteiger partial charge < -0.3 is 16.3 Å². The zero-order valence-electron chi connectivity index (χ0n) is 10.1. The van der Waals surface area contributed by atoms with E-state index in [4.69, 9.17) is 22.5 Å². The Balaban J connectivity index is 2.04. The van der Waals surface area contributed by atoms with Crippen LogP contribution in [-0.4, -0.2) is 17.6 Å². The fourth-order valence-electron chi connectivity index (χ4n) is 2.00. The lowest BCUT2D eigenvalue weighted by molar-refractivity contribution is 0.315. The smallest absolute Gasteiger partial charge is 0.139 e. The van der Waals surface area contributed by atoms with Crippen molar-refractivity contribution < 1.29 is 9.60 Å². The third-order valence-electron chi connectivity index (χ3n) is 3.29. The first-order valence-electron chi connectivity index (χ1n) is 5.81. The Morgan fingerprint density at radius 1 is 1.58 bits per heavy atom. The maximum Gasteiger partial charge on any atom is 0.139 e. The van der Waals surface area contributed by atoms with Crippen LogP contribution >= 0.6 is 27.5 Å². The minimum Gasteiger partial charge on any atom is -0.409 e. The Morgan fingerprint density at radius 3 is 2.79 bits per heavy atom. The summed E-state index contributed by atoms with van der Waals surface area (Å²) in [5.74, 6) is -0.163. The lowest BCUT2D eigenvalue weighted by Gasteiger charge is -2.17. The molecular weight excluding hydrogens is 337 g/mol. The molecule has 2 rings (SSSR count). The summed E-state index contributed by atoms with van der Waals surface area (Å²) in [5, 5.41) is 15.1. The molecule has 0 saturated heterocycles. The maximum atomic E-state index is 13.1. The highest BCUT2D eigenvalue weighted by molar-refractivity contribution is 9.10. The Kier molecular flexibility index (Phi) is 4.20. The summed E-state index contributed by atoms with van der Waals surface area (Å²) in [4.78, 5) is 0. The van der Waals surface area contributed by atoms with Gasteiger partial charge >= 0.3 is 0 Å². The molecule has 0 spiro atoms. The van der Waals surface area contributed by atoms with E-state index in [0.29, 0.717) is 28.1 Å². The van der Waals surface area contributed by atoms with Crippen molar-refractivity contribution >= 4 is 39.1 Å². The number of nitrogens with two attached hydrogens (primary N) is 1. The van der Waals surface area contributed by atoms with Crippen LogP contribution in [0, 0.1) is 11.2 Å². The standard InChI is InChI=1S/C12H14BrClFN3O/c13-8-3-7(15)4-9(14)11(8)17-6-12(1-2-12)5-10(16)18-19/h3-4,17,19H,1-2,5-6H2,(H2,16,18). The summed E-state index contributed by atoms with van der Waals surface area (Å²) >= 11 is 9.27. The van der Waals surface area contributed by atoms with Gasteiger partial charge in [-0.05, 0) is 46.3 Å². The average molecular weight is 351 g/mol. The summed E-state index contributed by atoms with van der Waals surface area (Å²) in [6.07, 6.45) is 2.55. The Bertz CT molecular complexity index is 497. The number of nitrogens with zero attached hydrogens (tertiary/aromatic N) is 1. The fourth-order valence-corrected chi connectivity index (χ4v) is 2.96. The Hall–Kier alpha value is -1.01. The van der Waals surface area contributed by atoms with Crippen LogP contribution in [0.3, 0.4) is 0 Å². The Labute approximate surface area is 123 Å². The molecule has 0 bridgehead atoms. The van der Waals surface area contributed by atoms with Crippen molar-refractivity contribution in [3.8, 4) is 0 Å². The second-order valence-electron chi connectivity index (χ2n) is 4.87. The summed E-state index contributed by atoms with van der Waals surface area (Å²) < 4.78 is 13.7. The predicted octanol–water partition coefficient (Wildman–Crippen LogP) is 3.57. The molecule has 0 amide bonds. The minimum atomic E-state index is -0.389. The normalized spacial score (nSPS) is 17.3. The van der Waals surface area contributed by atoms with Crippen LogP contribution in [0.4, 0.5) is 10.1 Å². The van der Waals surface area contributed by atoms with E-state index in [1.807, 2.05) is 0 Å². The quantitative estimate of drug-likeness (QED) is 0.329. The van der Waals surface area contributed by atoms with Gasteiger partial charge in [0.25, 0.3) is 0 Å². The number of halogens is 3. The molecule has 0 atom stereocenters. The van der Waals surface area contributed by atoms with Crippen LogP contribution in [0.1, 0.15) is 19.3 Å². The van der Waals surface area contributed by atoms with Gasteiger partial charge in [-0.15, -0.1) is 0 Å². The first-order chi connectivity index (χ1) is 8.96. The minimum absolute atomic E-state index is 0.00741. The van der Waals surface area contributed by atoms with Gasteiger partial charge in [0.15, 0.2) is 0 Å². The molecule has 7 heteroatoms. The van der Waals surface area contributed by atoms with Crippen molar-refractivity contribution in [3.05, 3.63) is 27.4 Å². The van der Waals surface area contributed by atoms with Crippen LogP contribution in [0.15, 0.2) is 21.8 Å². The van der Waals surface area contributed by atoms with E-state index >= 15 is 0 Å². The molecule has 1 saturated carbocycles. The van der Waals surface area contributed by atoms with Crippen molar-refractivity contribution in [1.29, 1.82) is 0 Å². The molecule has 0 aliphatic heterocycles.